The summed E-state index contributed by atoms with van der Waals surface area (Å²) >= 11 is 10.2. The topological polar surface area (TPSA) is 88.9 Å². The lowest BCUT2D eigenvalue weighted by molar-refractivity contribution is -0.113. The maximum Gasteiger partial charge on any atom is 0.251 e. The van der Waals surface area contributed by atoms with Crippen LogP contribution in [0.15, 0.2) is 52.1 Å². The first-order chi connectivity index (χ1) is 15.7. The number of nitrogens with zero attached hydrogens (tertiary/aromatic N) is 3. The molecule has 0 saturated heterocycles. The minimum Gasteiger partial charge on any atom is -0.342 e. The zero-order valence-corrected chi connectivity index (χ0v) is 21.3. The van der Waals surface area contributed by atoms with E-state index in [2.05, 4.69) is 36.8 Å². The van der Waals surface area contributed by atoms with Crippen molar-refractivity contribution in [1.29, 1.82) is 0 Å². The molecule has 0 radical (unpaired) electrons. The zero-order chi connectivity index (χ0) is 24.1. The van der Waals surface area contributed by atoms with Crippen LogP contribution in [0.2, 0.25) is 5.02 Å². The second-order valence-corrected chi connectivity index (χ2v) is 9.86. The van der Waals surface area contributed by atoms with Gasteiger partial charge in [0.05, 0.1) is 17.5 Å². The lowest BCUT2D eigenvalue weighted by Crippen LogP contribution is -2.33. The van der Waals surface area contributed by atoms with Gasteiger partial charge in [-0.25, -0.2) is 4.39 Å². The Hall–Kier alpha value is -2.43. The van der Waals surface area contributed by atoms with Crippen LogP contribution in [-0.2, 0) is 11.8 Å². The number of carbonyl (C=O) groups is 2. The number of nitrogens with one attached hydrogen (secondary N) is 2. The Morgan fingerprint density at radius 2 is 1.88 bits per heavy atom. The minimum absolute atomic E-state index is 0.0188. The highest BCUT2D eigenvalue weighted by molar-refractivity contribution is 9.10. The highest BCUT2D eigenvalue weighted by Crippen LogP contribution is 2.25. The van der Waals surface area contributed by atoms with Crippen LogP contribution in [0.5, 0.6) is 0 Å². The molecule has 0 aliphatic carbocycles. The van der Waals surface area contributed by atoms with Crippen molar-refractivity contribution in [3.63, 3.8) is 0 Å². The number of halogens is 3. The SMILES string of the molecule is CC(C)[C@@H](NC(=O)c1ccc(Cl)cc1)c1nnc(SCC(=O)Nc2ccc(Br)cc2F)n1C. The summed E-state index contributed by atoms with van der Waals surface area (Å²) in [6, 6.07) is 10.6. The van der Waals surface area contributed by atoms with Gasteiger partial charge in [-0.05, 0) is 48.4 Å². The van der Waals surface area contributed by atoms with E-state index in [4.69, 9.17) is 11.6 Å². The van der Waals surface area contributed by atoms with Gasteiger partial charge in [-0.1, -0.05) is 53.1 Å². The Balaban J connectivity index is 1.66. The van der Waals surface area contributed by atoms with Crippen LogP contribution in [0.1, 0.15) is 36.1 Å². The third-order valence-corrected chi connectivity index (χ3v) is 6.51. The number of aromatic nitrogens is 3. The van der Waals surface area contributed by atoms with Crippen molar-refractivity contribution in [2.75, 3.05) is 11.1 Å². The fourth-order valence-electron chi connectivity index (χ4n) is 2.99. The number of hydrogen-bond acceptors (Lipinski definition) is 5. The summed E-state index contributed by atoms with van der Waals surface area (Å²) in [6.45, 7) is 3.93. The van der Waals surface area contributed by atoms with Crippen molar-refractivity contribution in [3.05, 3.63) is 69.2 Å². The highest BCUT2D eigenvalue weighted by atomic mass is 79.9. The van der Waals surface area contributed by atoms with E-state index in [1.165, 1.54) is 23.9 Å². The average Bonchev–Trinajstić information content (AvgIpc) is 3.12. The molecule has 0 spiro atoms. The van der Waals surface area contributed by atoms with Gasteiger partial charge in [0.2, 0.25) is 5.91 Å². The number of carbonyl (C=O) groups excluding carboxylic acids is 2. The van der Waals surface area contributed by atoms with E-state index >= 15 is 0 Å². The van der Waals surface area contributed by atoms with E-state index in [0.29, 0.717) is 26.0 Å². The van der Waals surface area contributed by atoms with Crippen molar-refractivity contribution in [1.82, 2.24) is 20.1 Å². The number of benzene rings is 2. The molecule has 0 unspecified atom stereocenters. The summed E-state index contributed by atoms with van der Waals surface area (Å²) in [5, 5.41) is 15.0. The van der Waals surface area contributed by atoms with Gasteiger partial charge in [0.15, 0.2) is 11.0 Å². The third kappa shape index (κ3) is 6.55. The second kappa shape index (κ2) is 11.1. The number of amides is 2. The molecule has 1 aromatic heterocycles. The molecule has 174 valence electrons. The molecule has 0 saturated carbocycles. The van der Waals surface area contributed by atoms with Crippen molar-refractivity contribution >= 4 is 56.8 Å². The molecule has 7 nitrogen and oxygen atoms in total. The molecule has 3 rings (SSSR count). The molecule has 0 fully saturated rings. The summed E-state index contributed by atoms with van der Waals surface area (Å²) in [5.74, 6) is -0.536. The van der Waals surface area contributed by atoms with Gasteiger partial charge in [-0.3, -0.25) is 9.59 Å². The normalized spacial score (nSPS) is 12.0. The quantitative estimate of drug-likeness (QED) is 0.372. The summed E-state index contributed by atoms with van der Waals surface area (Å²) in [4.78, 5) is 25.0. The van der Waals surface area contributed by atoms with Crippen LogP contribution in [0.3, 0.4) is 0 Å². The van der Waals surface area contributed by atoms with Gasteiger partial charge in [0.25, 0.3) is 5.91 Å². The summed E-state index contributed by atoms with van der Waals surface area (Å²) in [7, 11) is 1.77. The van der Waals surface area contributed by atoms with E-state index in [1.54, 1.807) is 41.9 Å². The first-order valence-electron chi connectivity index (χ1n) is 9.99. The largest absolute Gasteiger partial charge is 0.342 e. The standard InChI is InChI=1S/C22H22BrClFN5O2S/c1-12(2)19(27-21(32)13-4-7-15(24)8-5-13)20-28-29-22(30(20)3)33-11-18(31)26-17-9-6-14(23)10-16(17)25/h4-10,12,19H,11H2,1-3H3,(H,26,31)(H,27,32)/t19-/m1/s1. The molecule has 1 atom stereocenters. The number of rotatable bonds is 8. The maximum absolute atomic E-state index is 13.9. The lowest BCUT2D eigenvalue weighted by atomic mass is 10.0. The van der Waals surface area contributed by atoms with E-state index in [-0.39, 0.29) is 29.2 Å². The summed E-state index contributed by atoms with van der Waals surface area (Å²) < 4.78 is 16.3. The van der Waals surface area contributed by atoms with Crippen molar-refractivity contribution in [2.24, 2.45) is 13.0 Å². The van der Waals surface area contributed by atoms with E-state index in [9.17, 15) is 14.0 Å². The van der Waals surface area contributed by atoms with Crippen LogP contribution < -0.4 is 10.6 Å². The van der Waals surface area contributed by atoms with Crippen molar-refractivity contribution < 1.29 is 14.0 Å². The molecule has 1 heterocycles. The minimum atomic E-state index is -0.528. The van der Waals surface area contributed by atoms with Crippen LogP contribution in [-0.4, -0.2) is 32.3 Å². The van der Waals surface area contributed by atoms with Crippen LogP contribution >= 0.6 is 39.3 Å². The third-order valence-electron chi connectivity index (χ3n) is 4.74. The van der Waals surface area contributed by atoms with Crippen LogP contribution in [0.4, 0.5) is 10.1 Å². The molecule has 2 amide bonds. The monoisotopic (exact) mass is 553 g/mol. The van der Waals surface area contributed by atoms with Gasteiger partial charge >= 0.3 is 0 Å². The Morgan fingerprint density at radius 1 is 1.18 bits per heavy atom. The zero-order valence-electron chi connectivity index (χ0n) is 18.1. The molecule has 3 aromatic rings. The smallest absolute Gasteiger partial charge is 0.251 e. The second-order valence-electron chi connectivity index (χ2n) is 7.56. The van der Waals surface area contributed by atoms with Crippen molar-refractivity contribution in [3.8, 4) is 0 Å². The number of thioether (sulfide) groups is 1. The van der Waals surface area contributed by atoms with Crippen molar-refractivity contribution in [2.45, 2.75) is 25.0 Å². The first kappa shape index (κ1) is 25.2. The molecular formula is C22H22BrClFN5O2S. The molecule has 33 heavy (non-hydrogen) atoms. The number of hydrogen-bond donors (Lipinski definition) is 2. The fraction of sp³-hybridized carbons (Fsp3) is 0.273. The fourth-order valence-corrected chi connectivity index (χ4v) is 4.16. The number of anilines is 1. The Bertz CT molecular complexity index is 1160. The summed E-state index contributed by atoms with van der Waals surface area (Å²) in [6.07, 6.45) is 0. The molecule has 0 bridgehead atoms. The van der Waals surface area contributed by atoms with E-state index < -0.39 is 11.9 Å². The van der Waals surface area contributed by atoms with Gasteiger partial charge in [-0.15, -0.1) is 10.2 Å². The van der Waals surface area contributed by atoms with Crippen LogP contribution in [0, 0.1) is 11.7 Å². The van der Waals surface area contributed by atoms with Gasteiger partial charge in [-0.2, -0.15) is 0 Å². The predicted octanol–water partition coefficient (Wildman–Crippen LogP) is 5.23. The Morgan fingerprint density at radius 3 is 2.52 bits per heavy atom. The maximum atomic E-state index is 13.9. The van der Waals surface area contributed by atoms with Gasteiger partial charge < -0.3 is 15.2 Å². The van der Waals surface area contributed by atoms with Gasteiger partial charge in [0.1, 0.15) is 5.82 Å². The summed E-state index contributed by atoms with van der Waals surface area (Å²) in [5.41, 5.74) is 0.589. The molecule has 11 heteroatoms. The van der Waals surface area contributed by atoms with Crippen LogP contribution in [0.25, 0.3) is 0 Å². The van der Waals surface area contributed by atoms with E-state index in [1.807, 2.05) is 13.8 Å². The Kier molecular flexibility index (Phi) is 8.50. The van der Waals surface area contributed by atoms with Gasteiger partial charge in [0, 0.05) is 22.1 Å². The lowest BCUT2D eigenvalue weighted by Gasteiger charge is -2.21. The molecular weight excluding hydrogens is 533 g/mol. The first-order valence-corrected chi connectivity index (χ1v) is 12.1. The molecule has 0 aliphatic heterocycles. The highest BCUT2D eigenvalue weighted by Gasteiger charge is 2.25. The Labute approximate surface area is 208 Å². The molecule has 2 aromatic carbocycles. The molecule has 0 aliphatic rings. The molecule has 2 N–H and O–H groups in total. The average molecular weight is 555 g/mol. The van der Waals surface area contributed by atoms with E-state index in [0.717, 1.165) is 0 Å². The predicted molar refractivity (Wildman–Crippen MR) is 131 cm³/mol.